The molecule has 1 aliphatic heterocycles. The van der Waals surface area contributed by atoms with Crippen molar-refractivity contribution in [2.75, 3.05) is 26.2 Å². The van der Waals surface area contributed by atoms with Crippen LogP contribution in [0.15, 0.2) is 30.3 Å². The minimum Gasteiger partial charge on any atom is -0.355 e. The van der Waals surface area contributed by atoms with Gasteiger partial charge in [-0.1, -0.05) is 30.3 Å². The molecule has 1 saturated carbocycles. The second-order valence-corrected chi connectivity index (χ2v) is 8.43. The fraction of sp³-hybridized carbons (Fsp3) is 0.550. The summed E-state index contributed by atoms with van der Waals surface area (Å²) in [6, 6.07) is 10.3. The minimum atomic E-state index is 0.131. The second-order valence-electron chi connectivity index (χ2n) is 7.39. The topological polar surface area (TPSA) is 58.1 Å². The largest absolute Gasteiger partial charge is 0.355 e. The van der Waals surface area contributed by atoms with Crippen molar-refractivity contribution in [2.45, 2.75) is 43.9 Å². The van der Waals surface area contributed by atoms with Gasteiger partial charge < -0.3 is 5.32 Å². The number of amides is 1. The van der Waals surface area contributed by atoms with Crippen LogP contribution in [0.3, 0.4) is 0 Å². The van der Waals surface area contributed by atoms with Crippen LogP contribution in [0.4, 0.5) is 0 Å². The monoisotopic (exact) mass is 370 g/mol. The van der Waals surface area contributed by atoms with Gasteiger partial charge in [-0.05, 0) is 50.8 Å². The number of rotatable bonds is 7. The molecule has 2 aromatic rings. The molecule has 1 aromatic heterocycles. The number of nitrogens with zero attached hydrogens (tertiary/aromatic N) is 3. The molecule has 1 saturated heterocycles. The molecular weight excluding hydrogens is 344 g/mol. The first-order valence-electron chi connectivity index (χ1n) is 9.64. The van der Waals surface area contributed by atoms with Crippen LogP contribution in [0.2, 0.25) is 0 Å². The van der Waals surface area contributed by atoms with E-state index in [1.807, 2.05) is 29.5 Å². The van der Waals surface area contributed by atoms with Gasteiger partial charge in [0.1, 0.15) is 10.0 Å². The summed E-state index contributed by atoms with van der Waals surface area (Å²) in [7, 11) is 0. The zero-order chi connectivity index (χ0) is 17.8. The Labute approximate surface area is 158 Å². The van der Waals surface area contributed by atoms with Gasteiger partial charge in [-0.15, -0.1) is 21.5 Å². The summed E-state index contributed by atoms with van der Waals surface area (Å²) in [4.78, 5) is 14.4. The molecule has 0 atom stereocenters. The molecule has 26 heavy (non-hydrogen) atoms. The van der Waals surface area contributed by atoms with Crippen molar-refractivity contribution >= 4 is 17.2 Å². The zero-order valence-corrected chi connectivity index (χ0v) is 15.9. The summed E-state index contributed by atoms with van der Waals surface area (Å²) in [5.74, 6) is 1.35. The lowest BCUT2D eigenvalue weighted by Crippen LogP contribution is -2.41. The molecule has 1 N–H and O–H groups in total. The molecule has 1 aromatic carbocycles. The van der Waals surface area contributed by atoms with E-state index in [1.165, 1.54) is 28.4 Å². The SMILES string of the molecule is O=C(CN1CCC(c2nnc(C3CC3)s2)CC1)NCCc1ccccc1. The molecule has 0 radical (unpaired) electrons. The lowest BCUT2D eigenvalue weighted by Gasteiger charge is -2.30. The summed E-state index contributed by atoms with van der Waals surface area (Å²) in [5.41, 5.74) is 1.26. The molecule has 4 rings (SSSR count). The fourth-order valence-electron chi connectivity index (χ4n) is 3.49. The van der Waals surface area contributed by atoms with Gasteiger partial charge in [0.2, 0.25) is 5.91 Å². The van der Waals surface area contributed by atoms with E-state index in [0.29, 0.717) is 24.9 Å². The highest BCUT2D eigenvalue weighted by Gasteiger charge is 2.30. The predicted molar refractivity (Wildman–Crippen MR) is 103 cm³/mol. The van der Waals surface area contributed by atoms with E-state index in [1.54, 1.807) is 0 Å². The highest BCUT2D eigenvalue weighted by Crippen LogP contribution is 2.43. The van der Waals surface area contributed by atoms with Crippen molar-refractivity contribution in [3.8, 4) is 0 Å². The smallest absolute Gasteiger partial charge is 0.234 e. The fourth-order valence-corrected chi connectivity index (χ4v) is 4.68. The Balaban J connectivity index is 1.16. The maximum absolute atomic E-state index is 12.2. The van der Waals surface area contributed by atoms with Crippen molar-refractivity contribution in [3.05, 3.63) is 45.9 Å². The Bertz CT molecular complexity index is 720. The van der Waals surface area contributed by atoms with Crippen LogP contribution in [-0.2, 0) is 11.2 Å². The number of carbonyl (C=O) groups is 1. The number of likely N-dealkylation sites (tertiary alicyclic amines) is 1. The summed E-state index contributed by atoms with van der Waals surface area (Å²) in [6.07, 6.45) is 5.61. The van der Waals surface area contributed by atoms with Crippen LogP contribution in [0, 0.1) is 0 Å². The van der Waals surface area contributed by atoms with Crippen molar-refractivity contribution in [2.24, 2.45) is 0 Å². The van der Waals surface area contributed by atoms with Gasteiger partial charge in [-0.2, -0.15) is 0 Å². The van der Waals surface area contributed by atoms with E-state index in [4.69, 9.17) is 0 Å². The highest BCUT2D eigenvalue weighted by molar-refractivity contribution is 7.11. The van der Waals surface area contributed by atoms with Crippen molar-refractivity contribution in [1.82, 2.24) is 20.4 Å². The first kappa shape index (κ1) is 17.6. The molecule has 2 heterocycles. The Hall–Kier alpha value is -1.79. The maximum Gasteiger partial charge on any atom is 0.234 e. The van der Waals surface area contributed by atoms with Crippen LogP contribution in [0.5, 0.6) is 0 Å². The van der Waals surface area contributed by atoms with Gasteiger partial charge in [0, 0.05) is 18.4 Å². The van der Waals surface area contributed by atoms with Gasteiger partial charge in [0.05, 0.1) is 6.54 Å². The van der Waals surface area contributed by atoms with E-state index in [0.717, 1.165) is 32.4 Å². The molecule has 1 amide bonds. The lowest BCUT2D eigenvalue weighted by molar-refractivity contribution is -0.122. The average molecular weight is 371 g/mol. The number of piperidine rings is 1. The normalized spacial score (nSPS) is 18.8. The van der Waals surface area contributed by atoms with E-state index < -0.39 is 0 Å². The first-order valence-corrected chi connectivity index (χ1v) is 10.5. The van der Waals surface area contributed by atoms with Gasteiger partial charge in [-0.25, -0.2) is 0 Å². The molecule has 138 valence electrons. The summed E-state index contributed by atoms with van der Waals surface area (Å²) >= 11 is 1.81. The van der Waals surface area contributed by atoms with Crippen molar-refractivity contribution in [1.29, 1.82) is 0 Å². The van der Waals surface area contributed by atoms with E-state index in [9.17, 15) is 4.79 Å². The Morgan fingerprint density at radius 2 is 1.69 bits per heavy atom. The van der Waals surface area contributed by atoms with E-state index in [2.05, 4.69) is 32.5 Å². The third kappa shape index (κ3) is 4.68. The standard InChI is InChI=1S/C20H26N4OS/c25-18(21-11-8-15-4-2-1-3-5-15)14-24-12-9-17(10-13-24)20-23-22-19(26-20)16-6-7-16/h1-5,16-17H,6-14H2,(H,21,25). The number of hydrogen-bond acceptors (Lipinski definition) is 5. The van der Waals surface area contributed by atoms with Crippen LogP contribution in [0.1, 0.15) is 53.1 Å². The Morgan fingerprint density at radius 3 is 2.35 bits per heavy atom. The minimum absolute atomic E-state index is 0.131. The predicted octanol–water partition coefficient (Wildman–Crippen LogP) is 2.95. The van der Waals surface area contributed by atoms with Gasteiger partial charge in [0.25, 0.3) is 0 Å². The van der Waals surface area contributed by atoms with Crippen LogP contribution in [0.25, 0.3) is 0 Å². The summed E-state index contributed by atoms with van der Waals surface area (Å²) in [6.45, 7) is 3.14. The van der Waals surface area contributed by atoms with Crippen molar-refractivity contribution in [3.63, 3.8) is 0 Å². The number of nitrogens with one attached hydrogen (secondary N) is 1. The third-order valence-electron chi connectivity index (χ3n) is 5.27. The zero-order valence-electron chi connectivity index (χ0n) is 15.1. The number of carbonyl (C=O) groups excluding carboxylic acids is 1. The van der Waals surface area contributed by atoms with Gasteiger partial charge >= 0.3 is 0 Å². The van der Waals surface area contributed by atoms with Gasteiger partial charge in [0.15, 0.2) is 0 Å². The highest BCUT2D eigenvalue weighted by atomic mass is 32.1. The molecular formula is C20H26N4OS. The van der Waals surface area contributed by atoms with E-state index in [-0.39, 0.29) is 5.91 Å². The first-order chi connectivity index (χ1) is 12.8. The van der Waals surface area contributed by atoms with Crippen LogP contribution >= 0.6 is 11.3 Å². The van der Waals surface area contributed by atoms with Gasteiger partial charge in [-0.3, -0.25) is 9.69 Å². The molecule has 5 nitrogen and oxygen atoms in total. The quantitative estimate of drug-likeness (QED) is 0.814. The molecule has 0 spiro atoms. The second kappa shape index (κ2) is 8.27. The average Bonchev–Trinajstić information content (AvgIpc) is 3.40. The molecule has 6 heteroatoms. The van der Waals surface area contributed by atoms with Crippen LogP contribution in [-0.4, -0.2) is 47.2 Å². The number of benzene rings is 1. The summed E-state index contributed by atoms with van der Waals surface area (Å²) in [5, 5.41) is 14.3. The molecule has 0 bridgehead atoms. The van der Waals surface area contributed by atoms with Crippen LogP contribution < -0.4 is 5.32 Å². The lowest BCUT2D eigenvalue weighted by atomic mass is 9.98. The molecule has 0 unspecified atom stereocenters. The summed E-state index contributed by atoms with van der Waals surface area (Å²) < 4.78 is 0. The Morgan fingerprint density at radius 1 is 1.04 bits per heavy atom. The van der Waals surface area contributed by atoms with E-state index >= 15 is 0 Å². The Kier molecular flexibility index (Phi) is 5.60. The van der Waals surface area contributed by atoms with Crippen molar-refractivity contribution < 1.29 is 4.79 Å². The maximum atomic E-state index is 12.2. The molecule has 2 fully saturated rings. The molecule has 2 aliphatic rings. The third-order valence-corrected chi connectivity index (χ3v) is 6.51. The number of aromatic nitrogens is 2. The number of hydrogen-bond donors (Lipinski definition) is 1. The molecule has 1 aliphatic carbocycles.